The Morgan fingerprint density at radius 3 is 2.00 bits per heavy atom. The van der Waals surface area contributed by atoms with E-state index in [0.717, 1.165) is 20.8 Å². The standard InChI is InChI=1S/C12H16N6O7/c1-5(19)22-4-8-10(23-6(2)20)11(24-7(3)21)9(15-17-13)12(25-8)16-18-14/h8-12H,4H2,1-3H3/t8-,9-,10-,11-,12+/m1/s1. The number of carbonyl (C=O) groups excluding carboxylic acids is 3. The van der Waals surface area contributed by atoms with Crippen LogP contribution >= 0.6 is 0 Å². The lowest BCUT2D eigenvalue weighted by Gasteiger charge is -2.42. The van der Waals surface area contributed by atoms with E-state index in [4.69, 9.17) is 30.0 Å². The zero-order valence-corrected chi connectivity index (χ0v) is 13.6. The van der Waals surface area contributed by atoms with Gasteiger partial charge in [-0.25, -0.2) is 0 Å². The van der Waals surface area contributed by atoms with Crippen molar-refractivity contribution in [3.05, 3.63) is 20.9 Å². The van der Waals surface area contributed by atoms with Crippen LogP contribution in [0.3, 0.4) is 0 Å². The highest BCUT2D eigenvalue weighted by Crippen LogP contribution is 2.29. The number of nitrogens with zero attached hydrogens (tertiary/aromatic N) is 6. The van der Waals surface area contributed by atoms with Gasteiger partial charge in [0.1, 0.15) is 25.0 Å². The molecule has 13 nitrogen and oxygen atoms in total. The van der Waals surface area contributed by atoms with E-state index in [1.807, 2.05) is 0 Å². The summed E-state index contributed by atoms with van der Waals surface area (Å²) < 4.78 is 20.5. The minimum Gasteiger partial charge on any atom is -0.463 e. The van der Waals surface area contributed by atoms with Gasteiger partial charge in [-0.3, -0.25) is 14.4 Å². The predicted octanol–water partition coefficient (Wildman–Crippen LogP) is 1.13. The molecular weight excluding hydrogens is 340 g/mol. The van der Waals surface area contributed by atoms with E-state index in [-0.39, 0.29) is 6.61 Å². The molecule has 0 radical (unpaired) electrons. The molecule has 0 spiro atoms. The first-order valence-electron chi connectivity index (χ1n) is 7.01. The third-order valence-electron chi connectivity index (χ3n) is 3.04. The molecule has 1 rings (SSSR count). The molecule has 5 atom stereocenters. The Bertz CT molecular complexity index is 627. The van der Waals surface area contributed by atoms with Crippen molar-refractivity contribution >= 4 is 17.9 Å². The number of ether oxygens (including phenoxy) is 4. The fourth-order valence-corrected chi connectivity index (χ4v) is 2.23. The molecule has 0 aromatic heterocycles. The normalized spacial score (nSPS) is 27.9. The Balaban J connectivity index is 3.28. The van der Waals surface area contributed by atoms with Crippen molar-refractivity contribution in [1.29, 1.82) is 0 Å². The molecule has 13 heteroatoms. The maximum atomic E-state index is 11.4. The Hall–Kier alpha value is -3.01. The molecule has 25 heavy (non-hydrogen) atoms. The molecular formula is C12H16N6O7. The van der Waals surface area contributed by atoms with Crippen LogP contribution in [-0.2, 0) is 33.3 Å². The molecule has 1 heterocycles. The molecule has 0 amide bonds. The van der Waals surface area contributed by atoms with Crippen LogP contribution in [0.15, 0.2) is 10.2 Å². The van der Waals surface area contributed by atoms with Gasteiger partial charge >= 0.3 is 17.9 Å². The summed E-state index contributed by atoms with van der Waals surface area (Å²) in [5, 5.41) is 6.77. The Morgan fingerprint density at radius 1 is 0.960 bits per heavy atom. The minimum absolute atomic E-state index is 0.370. The van der Waals surface area contributed by atoms with Crippen molar-refractivity contribution in [2.75, 3.05) is 6.61 Å². The number of hydrogen-bond acceptors (Lipinski definition) is 9. The minimum atomic E-state index is -1.36. The van der Waals surface area contributed by atoms with E-state index in [2.05, 4.69) is 20.1 Å². The van der Waals surface area contributed by atoms with Gasteiger partial charge in [-0.15, -0.1) is 0 Å². The number of esters is 3. The van der Waals surface area contributed by atoms with Crippen molar-refractivity contribution in [3.63, 3.8) is 0 Å². The summed E-state index contributed by atoms with van der Waals surface area (Å²) in [6.45, 7) is 2.99. The van der Waals surface area contributed by atoms with Gasteiger partial charge in [0, 0.05) is 30.6 Å². The summed E-state index contributed by atoms with van der Waals surface area (Å²) in [6.07, 6.45) is -5.03. The summed E-state index contributed by atoms with van der Waals surface area (Å²) in [5.74, 6) is -2.12. The zero-order valence-electron chi connectivity index (χ0n) is 13.6. The van der Waals surface area contributed by atoms with Gasteiger partial charge in [-0.2, -0.15) is 0 Å². The van der Waals surface area contributed by atoms with Crippen LogP contribution in [0.25, 0.3) is 20.9 Å². The molecule has 0 unspecified atom stereocenters. The lowest BCUT2D eigenvalue weighted by Crippen LogP contribution is -2.60. The van der Waals surface area contributed by atoms with Crippen molar-refractivity contribution in [2.45, 2.75) is 51.4 Å². The second-order valence-corrected chi connectivity index (χ2v) is 4.92. The first kappa shape index (κ1) is 20.0. The molecule has 136 valence electrons. The molecule has 1 saturated heterocycles. The van der Waals surface area contributed by atoms with Gasteiger partial charge in [0.25, 0.3) is 0 Å². The third kappa shape index (κ3) is 5.84. The van der Waals surface area contributed by atoms with Crippen LogP contribution in [0.4, 0.5) is 0 Å². The number of hydrogen-bond donors (Lipinski definition) is 0. The second kappa shape index (κ2) is 9.33. The monoisotopic (exact) mass is 356 g/mol. The van der Waals surface area contributed by atoms with Crippen molar-refractivity contribution in [3.8, 4) is 0 Å². The number of rotatable bonds is 6. The van der Waals surface area contributed by atoms with Crippen molar-refractivity contribution in [1.82, 2.24) is 0 Å². The van der Waals surface area contributed by atoms with E-state index in [0.29, 0.717) is 0 Å². The Kier molecular flexibility index (Phi) is 7.47. The lowest BCUT2D eigenvalue weighted by molar-refractivity contribution is -0.219. The summed E-state index contributed by atoms with van der Waals surface area (Å²) in [5.41, 5.74) is 17.4. The van der Waals surface area contributed by atoms with E-state index < -0.39 is 48.5 Å². The smallest absolute Gasteiger partial charge is 0.303 e. The Morgan fingerprint density at radius 2 is 1.52 bits per heavy atom. The van der Waals surface area contributed by atoms with Crippen LogP contribution in [0.2, 0.25) is 0 Å². The zero-order chi connectivity index (χ0) is 19.0. The van der Waals surface area contributed by atoms with Crippen molar-refractivity contribution in [2.24, 2.45) is 10.2 Å². The third-order valence-corrected chi connectivity index (χ3v) is 3.04. The quantitative estimate of drug-likeness (QED) is 0.224. The van der Waals surface area contributed by atoms with E-state index in [9.17, 15) is 14.4 Å². The second-order valence-electron chi connectivity index (χ2n) is 4.92. The average molecular weight is 356 g/mol. The van der Waals surface area contributed by atoms with Crippen LogP contribution in [-0.4, -0.2) is 55.1 Å². The Labute approximate surface area is 141 Å². The van der Waals surface area contributed by atoms with Crippen molar-refractivity contribution < 1.29 is 33.3 Å². The first-order valence-corrected chi connectivity index (χ1v) is 7.01. The molecule has 0 bridgehead atoms. The molecule has 0 saturated carbocycles. The van der Waals surface area contributed by atoms with Gasteiger partial charge in [-0.1, -0.05) is 10.2 Å². The van der Waals surface area contributed by atoms with Gasteiger partial charge in [-0.05, 0) is 11.1 Å². The maximum absolute atomic E-state index is 11.4. The highest BCUT2D eigenvalue weighted by Gasteiger charge is 2.49. The SMILES string of the molecule is CC(=O)OC[C@H]1O[C@H](N=[N+]=[N-])[C@H](N=[N+]=[N-])[C@@H](OC(C)=O)[C@@H]1OC(C)=O. The topological polar surface area (TPSA) is 186 Å². The number of carbonyl (C=O) groups is 3. The summed E-state index contributed by atoms with van der Waals surface area (Å²) >= 11 is 0. The highest BCUT2D eigenvalue weighted by atomic mass is 16.6. The highest BCUT2D eigenvalue weighted by molar-refractivity contribution is 5.68. The van der Waals surface area contributed by atoms with E-state index >= 15 is 0 Å². The molecule has 0 aromatic carbocycles. The van der Waals surface area contributed by atoms with Gasteiger partial charge in [0.15, 0.2) is 12.2 Å². The number of azide groups is 2. The van der Waals surface area contributed by atoms with Gasteiger partial charge < -0.3 is 18.9 Å². The van der Waals surface area contributed by atoms with Crippen LogP contribution in [0.5, 0.6) is 0 Å². The molecule has 1 aliphatic heterocycles. The largest absolute Gasteiger partial charge is 0.463 e. The lowest BCUT2D eigenvalue weighted by atomic mass is 9.96. The molecule has 0 N–H and O–H groups in total. The fraction of sp³-hybridized carbons (Fsp3) is 0.750. The fourth-order valence-electron chi connectivity index (χ4n) is 2.23. The van der Waals surface area contributed by atoms with E-state index in [1.165, 1.54) is 0 Å². The molecule has 0 aromatic rings. The maximum Gasteiger partial charge on any atom is 0.303 e. The molecule has 0 aliphatic carbocycles. The summed E-state index contributed by atoms with van der Waals surface area (Å²) in [6, 6.07) is -1.29. The van der Waals surface area contributed by atoms with Crippen LogP contribution < -0.4 is 0 Å². The van der Waals surface area contributed by atoms with Gasteiger partial charge in [0.05, 0.1) is 0 Å². The average Bonchev–Trinajstić information content (AvgIpc) is 2.50. The summed E-state index contributed by atoms with van der Waals surface area (Å²) in [7, 11) is 0. The van der Waals surface area contributed by atoms with Crippen LogP contribution in [0.1, 0.15) is 20.8 Å². The van der Waals surface area contributed by atoms with Gasteiger partial charge in [0.2, 0.25) is 0 Å². The molecule has 1 fully saturated rings. The predicted molar refractivity (Wildman–Crippen MR) is 78.5 cm³/mol. The van der Waals surface area contributed by atoms with E-state index in [1.54, 1.807) is 0 Å². The first-order chi connectivity index (χ1) is 11.8. The molecule has 1 aliphatic rings. The van der Waals surface area contributed by atoms with Crippen LogP contribution in [0, 0.1) is 0 Å². The summed E-state index contributed by atoms with van der Waals surface area (Å²) in [4.78, 5) is 39.0.